The van der Waals surface area contributed by atoms with Crippen LogP contribution >= 0.6 is 11.6 Å². The minimum absolute atomic E-state index is 0.00407. The molecule has 0 saturated carbocycles. The van der Waals surface area contributed by atoms with Crippen molar-refractivity contribution in [2.24, 2.45) is 5.41 Å². The molecule has 2 atom stereocenters. The molecule has 2 fully saturated rings. The van der Waals surface area contributed by atoms with E-state index in [0.717, 1.165) is 4.90 Å². The first kappa shape index (κ1) is 35.5. The molecule has 3 heterocycles. The van der Waals surface area contributed by atoms with Crippen molar-refractivity contribution in [1.82, 2.24) is 9.47 Å². The Bertz CT molecular complexity index is 2080. The number of carbonyl (C=O) groups is 3. The summed E-state index contributed by atoms with van der Waals surface area (Å²) in [5, 5.41) is 3.33. The van der Waals surface area contributed by atoms with Crippen LogP contribution in [0.1, 0.15) is 30.6 Å². The standard InChI is InChI=1S/C36H36ClF2N3O7S/c1-22(43)28-17-41(31-11-10-24(15-27(28)31)49-12-13-50(46,47)21-36(2)19-48-20-36)18-33(44)42-16-23(38)14-32(42)35(45)40-30-9-5-7-26(34(30)39)25-6-3-4-8-29(25)37/h3-11,15,17,23,32H,12-14,16,18-21H2,1-2H3,(H,40,45)/t23-,32+/m1/s1. The van der Waals surface area contributed by atoms with E-state index in [9.17, 15) is 27.2 Å². The second kappa shape index (κ2) is 14.1. The topological polar surface area (TPSA) is 124 Å². The highest BCUT2D eigenvalue weighted by Crippen LogP contribution is 2.34. The number of anilines is 1. The Kier molecular flexibility index (Phi) is 10.0. The molecule has 0 unspecified atom stereocenters. The van der Waals surface area contributed by atoms with Gasteiger partial charge in [-0.15, -0.1) is 0 Å². The number of aromatic nitrogens is 1. The Labute approximate surface area is 293 Å². The van der Waals surface area contributed by atoms with Gasteiger partial charge in [-0.25, -0.2) is 17.2 Å². The fourth-order valence-corrected chi connectivity index (χ4v) is 8.43. The summed E-state index contributed by atoms with van der Waals surface area (Å²) in [6.45, 7) is 3.31. The number of fused-ring (bicyclic) bond motifs is 1. The van der Waals surface area contributed by atoms with Gasteiger partial charge in [0, 0.05) is 50.6 Å². The molecule has 1 aromatic heterocycles. The van der Waals surface area contributed by atoms with Crippen LogP contribution in [-0.2, 0) is 30.7 Å². The number of nitrogens with one attached hydrogen (secondary N) is 1. The molecule has 2 amide bonds. The molecule has 4 aromatic rings. The second-order valence-corrected chi connectivity index (χ2v) is 15.8. The Morgan fingerprint density at radius 3 is 2.52 bits per heavy atom. The molecular formula is C36H36ClF2N3O7S. The number of Topliss-reactive ketones (excluding diaryl/α,β-unsaturated/α-hetero) is 1. The van der Waals surface area contributed by atoms with E-state index in [2.05, 4.69) is 5.32 Å². The molecule has 6 rings (SSSR count). The van der Waals surface area contributed by atoms with Crippen molar-refractivity contribution in [3.63, 3.8) is 0 Å². The number of sulfone groups is 1. The van der Waals surface area contributed by atoms with E-state index in [1.807, 2.05) is 6.92 Å². The number of hydrogen-bond acceptors (Lipinski definition) is 7. The minimum Gasteiger partial charge on any atom is -0.493 e. The van der Waals surface area contributed by atoms with Gasteiger partial charge in [-0.05, 0) is 37.3 Å². The van der Waals surface area contributed by atoms with E-state index in [0.29, 0.717) is 46.0 Å². The average Bonchev–Trinajstić information content (AvgIpc) is 3.62. The van der Waals surface area contributed by atoms with Gasteiger partial charge in [0.1, 0.15) is 31.1 Å². The first-order valence-electron chi connectivity index (χ1n) is 16.1. The number of ketones is 1. The minimum atomic E-state index is -3.39. The number of amides is 2. The fourth-order valence-electron chi connectivity index (χ4n) is 6.48. The first-order chi connectivity index (χ1) is 23.7. The van der Waals surface area contributed by atoms with E-state index >= 15 is 4.39 Å². The number of ether oxygens (including phenoxy) is 2. The van der Waals surface area contributed by atoms with Crippen LogP contribution in [0.3, 0.4) is 0 Å². The van der Waals surface area contributed by atoms with Gasteiger partial charge in [0.15, 0.2) is 21.4 Å². The Morgan fingerprint density at radius 1 is 1.08 bits per heavy atom. The lowest BCUT2D eigenvalue weighted by Crippen LogP contribution is -2.45. The summed E-state index contributed by atoms with van der Waals surface area (Å²) in [4.78, 5) is 40.7. The van der Waals surface area contributed by atoms with E-state index in [1.54, 1.807) is 48.5 Å². The lowest BCUT2D eigenvalue weighted by atomic mass is 9.92. The van der Waals surface area contributed by atoms with Crippen LogP contribution in [-0.4, -0.2) is 85.6 Å². The van der Waals surface area contributed by atoms with Gasteiger partial charge < -0.3 is 24.3 Å². The number of rotatable bonds is 12. The van der Waals surface area contributed by atoms with Crippen molar-refractivity contribution in [3.05, 3.63) is 83.3 Å². The molecule has 0 radical (unpaired) electrons. The van der Waals surface area contributed by atoms with E-state index in [-0.39, 0.29) is 60.1 Å². The van der Waals surface area contributed by atoms with Crippen molar-refractivity contribution in [3.8, 4) is 16.9 Å². The zero-order valence-corrected chi connectivity index (χ0v) is 29.0. The van der Waals surface area contributed by atoms with Crippen LogP contribution in [0.25, 0.3) is 22.0 Å². The van der Waals surface area contributed by atoms with Gasteiger partial charge in [0.25, 0.3) is 0 Å². The summed E-state index contributed by atoms with van der Waals surface area (Å²) in [6.07, 6.45) is -0.233. The first-order valence-corrected chi connectivity index (χ1v) is 18.3. The van der Waals surface area contributed by atoms with Crippen LogP contribution in [0, 0.1) is 11.2 Å². The van der Waals surface area contributed by atoms with Crippen molar-refractivity contribution in [1.29, 1.82) is 0 Å². The molecule has 0 aliphatic carbocycles. The summed E-state index contributed by atoms with van der Waals surface area (Å²) >= 11 is 6.26. The molecule has 1 N–H and O–H groups in total. The molecule has 2 saturated heterocycles. The number of nitrogens with zero attached hydrogens (tertiary/aromatic N) is 2. The molecule has 50 heavy (non-hydrogen) atoms. The molecular weight excluding hydrogens is 692 g/mol. The van der Waals surface area contributed by atoms with E-state index in [1.165, 1.54) is 29.8 Å². The second-order valence-electron chi connectivity index (χ2n) is 13.2. The molecule has 3 aromatic carbocycles. The van der Waals surface area contributed by atoms with E-state index < -0.39 is 39.7 Å². The molecule has 0 spiro atoms. The molecule has 14 heteroatoms. The highest BCUT2D eigenvalue weighted by molar-refractivity contribution is 7.91. The molecule has 2 aliphatic heterocycles. The summed E-state index contributed by atoms with van der Waals surface area (Å²) in [5.41, 5.74) is 0.894. The summed E-state index contributed by atoms with van der Waals surface area (Å²) in [6, 6.07) is 14.8. The van der Waals surface area contributed by atoms with Crippen molar-refractivity contribution >= 4 is 55.6 Å². The van der Waals surface area contributed by atoms with Crippen LogP contribution in [0.2, 0.25) is 5.02 Å². The average molecular weight is 728 g/mol. The van der Waals surface area contributed by atoms with Gasteiger partial charge >= 0.3 is 0 Å². The van der Waals surface area contributed by atoms with Crippen molar-refractivity contribution in [2.75, 3.05) is 43.2 Å². The number of carbonyl (C=O) groups excluding carboxylic acids is 3. The lowest BCUT2D eigenvalue weighted by Gasteiger charge is -2.37. The molecule has 264 valence electrons. The summed E-state index contributed by atoms with van der Waals surface area (Å²) in [5.74, 6) is -2.15. The monoisotopic (exact) mass is 727 g/mol. The number of halogens is 3. The molecule has 2 aliphatic rings. The number of benzene rings is 3. The Balaban J connectivity index is 1.16. The van der Waals surface area contributed by atoms with Gasteiger partial charge in [-0.1, -0.05) is 48.9 Å². The highest BCUT2D eigenvalue weighted by atomic mass is 35.5. The van der Waals surface area contributed by atoms with Crippen LogP contribution in [0.5, 0.6) is 5.75 Å². The predicted octanol–water partition coefficient (Wildman–Crippen LogP) is 5.71. The predicted molar refractivity (Wildman–Crippen MR) is 186 cm³/mol. The maximum Gasteiger partial charge on any atom is 0.247 e. The van der Waals surface area contributed by atoms with Crippen LogP contribution in [0.15, 0.2) is 66.9 Å². The normalized spacial score (nSPS) is 18.5. The highest BCUT2D eigenvalue weighted by Gasteiger charge is 2.40. The summed E-state index contributed by atoms with van der Waals surface area (Å²) in [7, 11) is -3.39. The quantitative estimate of drug-likeness (QED) is 0.186. The maximum absolute atomic E-state index is 15.5. The van der Waals surface area contributed by atoms with Crippen molar-refractivity contribution in [2.45, 2.75) is 39.0 Å². The van der Waals surface area contributed by atoms with Crippen LogP contribution < -0.4 is 10.1 Å². The van der Waals surface area contributed by atoms with Gasteiger partial charge in [0.2, 0.25) is 11.8 Å². The molecule has 0 bridgehead atoms. The van der Waals surface area contributed by atoms with Gasteiger partial charge in [-0.2, -0.15) is 0 Å². The fraction of sp³-hybridized carbons (Fsp3) is 0.361. The Hall–Kier alpha value is -4.33. The number of alkyl halides is 1. The van der Waals surface area contributed by atoms with Gasteiger partial charge in [-0.3, -0.25) is 14.4 Å². The van der Waals surface area contributed by atoms with Crippen molar-refractivity contribution < 1.29 is 41.1 Å². The van der Waals surface area contributed by atoms with Crippen LogP contribution in [0.4, 0.5) is 14.5 Å². The smallest absolute Gasteiger partial charge is 0.247 e. The third-order valence-electron chi connectivity index (χ3n) is 8.96. The zero-order chi connectivity index (χ0) is 35.8. The SMILES string of the molecule is CC(=O)c1cn(CC(=O)N2C[C@H](F)C[C@H]2C(=O)Nc2cccc(-c3ccccc3Cl)c2F)c2ccc(OCCS(=O)(=O)CC3(C)COC3)cc12. The van der Waals surface area contributed by atoms with Gasteiger partial charge in [0.05, 0.1) is 37.0 Å². The zero-order valence-electron chi connectivity index (χ0n) is 27.5. The third-order valence-corrected chi connectivity index (χ3v) is 11.2. The maximum atomic E-state index is 15.5. The van der Waals surface area contributed by atoms with E-state index in [4.69, 9.17) is 21.1 Å². The molecule has 10 nitrogen and oxygen atoms in total. The summed E-state index contributed by atoms with van der Waals surface area (Å²) < 4.78 is 67.9. The lowest BCUT2D eigenvalue weighted by molar-refractivity contribution is -0.137. The number of hydrogen-bond donors (Lipinski definition) is 1. The third kappa shape index (κ3) is 7.54. The number of likely N-dealkylation sites (tertiary alicyclic amines) is 1. The Morgan fingerprint density at radius 2 is 1.82 bits per heavy atom. The largest absolute Gasteiger partial charge is 0.493 e.